The Balaban J connectivity index is 2.14. The van der Waals surface area contributed by atoms with E-state index in [2.05, 4.69) is 37.2 Å². The molecule has 0 fully saturated rings. The van der Waals surface area contributed by atoms with Gasteiger partial charge in [-0.3, -0.25) is 0 Å². The molecule has 5 nitrogen and oxygen atoms in total. The molecule has 0 aliphatic carbocycles. The minimum Gasteiger partial charge on any atom is -0.446 e. The van der Waals surface area contributed by atoms with Crippen LogP contribution < -0.4 is 5.32 Å². The molecular weight excluding hydrogens is 424 g/mol. The van der Waals surface area contributed by atoms with Crippen molar-refractivity contribution in [1.82, 2.24) is 4.31 Å². The minimum absolute atomic E-state index is 0.0597. The third-order valence-corrected chi connectivity index (χ3v) is 5.79. The first-order valence-electron chi connectivity index (χ1n) is 6.01. The van der Waals surface area contributed by atoms with E-state index in [0.29, 0.717) is 12.3 Å². The van der Waals surface area contributed by atoms with Gasteiger partial charge < -0.3 is 9.73 Å². The Morgan fingerprint density at radius 1 is 1.14 bits per heavy atom. The van der Waals surface area contributed by atoms with E-state index < -0.39 is 10.0 Å². The highest BCUT2D eigenvalue weighted by molar-refractivity contribution is 9.11. The highest BCUT2D eigenvalue weighted by atomic mass is 79.9. The highest BCUT2D eigenvalue weighted by Gasteiger charge is 2.21. The molecule has 114 valence electrons. The average Bonchev–Trinajstić information content (AvgIpc) is 2.87. The van der Waals surface area contributed by atoms with Crippen LogP contribution in [0.5, 0.6) is 0 Å². The van der Waals surface area contributed by atoms with Crippen LogP contribution in [0.15, 0.2) is 48.8 Å². The number of nitrogens with zero attached hydrogens (tertiary/aromatic N) is 1. The van der Waals surface area contributed by atoms with Gasteiger partial charge in [0, 0.05) is 23.0 Å². The third kappa shape index (κ3) is 3.68. The Morgan fingerprint density at radius 2 is 1.76 bits per heavy atom. The summed E-state index contributed by atoms with van der Waals surface area (Å²) in [6.45, 7) is 0.379. The molecule has 0 radical (unpaired) electrons. The zero-order valence-corrected chi connectivity index (χ0v) is 15.4. The van der Waals surface area contributed by atoms with Gasteiger partial charge in [0.25, 0.3) is 10.0 Å². The summed E-state index contributed by atoms with van der Waals surface area (Å²) in [5.41, 5.74) is 0.880. The fourth-order valence-electron chi connectivity index (χ4n) is 1.61. The lowest BCUT2D eigenvalue weighted by atomic mass is 10.3. The number of furan rings is 1. The van der Waals surface area contributed by atoms with Crippen molar-refractivity contribution in [2.24, 2.45) is 0 Å². The molecule has 0 saturated heterocycles. The van der Waals surface area contributed by atoms with Crippen LogP contribution in [0.4, 0.5) is 5.69 Å². The number of anilines is 1. The molecule has 0 unspecified atom stereocenters. The van der Waals surface area contributed by atoms with Gasteiger partial charge in [-0.25, -0.2) is 12.7 Å². The second kappa shape index (κ2) is 6.51. The first-order chi connectivity index (χ1) is 9.82. The molecule has 0 bridgehead atoms. The standard InChI is InChI=1S/C13H14Br2N2O3S/c1-17(2)21(18,19)12-7-6-9(20-12)8-16-13-10(14)4-3-5-11(13)15/h3-7,16H,8H2,1-2H3. The Labute approximate surface area is 140 Å². The molecule has 0 aliphatic heterocycles. The SMILES string of the molecule is CN(C)S(=O)(=O)c1ccc(CNc2c(Br)cccc2Br)o1. The van der Waals surface area contributed by atoms with Crippen LogP contribution in [-0.4, -0.2) is 26.8 Å². The molecule has 0 aliphatic rings. The van der Waals surface area contributed by atoms with Crippen molar-refractivity contribution in [3.63, 3.8) is 0 Å². The molecular formula is C13H14Br2N2O3S. The van der Waals surface area contributed by atoms with Crippen LogP contribution >= 0.6 is 31.9 Å². The quantitative estimate of drug-likeness (QED) is 0.775. The Morgan fingerprint density at radius 3 is 2.33 bits per heavy atom. The fourth-order valence-corrected chi connectivity index (χ4v) is 3.71. The topological polar surface area (TPSA) is 62.6 Å². The number of benzene rings is 1. The zero-order valence-electron chi connectivity index (χ0n) is 11.4. The molecule has 1 N–H and O–H groups in total. The van der Waals surface area contributed by atoms with Crippen LogP contribution in [0.25, 0.3) is 0 Å². The Kier molecular flexibility index (Phi) is 5.13. The Bertz CT molecular complexity index is 721. The smallest absolute Gasteiger partial charge is 0.275 e. The van der Waals surface area contributed by atoms with Gasteiger partial charge in [-0.05, 0) is 56.1 Å². The van der Waals surface area contributed by atoms with Gasteiger partial charge in [-0.15, -0.1) is 0 Å². The summed E-state index contributed by atoms with van der Waals surface area (Å²) in [6.07, 6.45) is 0. The summed E-state index contributed by atoms with van der Waals surface area (Å²) in [7, 11) is -0.602. The zero-order chi connectivity index (χ0) is 15.6. The van der Waals surface area contributed by atoms with E-state index in [4.69, 9.17) is 4.42 Å². The second-order valence-corrected chi connectivity index (χ2v) is 8.25. The molecule has 0 saturated carbocycles. The van der Waals surface area contributed by atoms with Gasteiger partial charge >= 0.3 is 0 Å². The van der Waals surface area contributed by atoms with Crippen LogP contribution in [-0.2, 0) is 16.6 Å². The van der Waals surface area contributed by atoms with E-state index in [0.717, 1.165) is 18.9 Å². The molecule has 2 aromatic rings. The summed E-state index contributed by atoms with van der Waals surface area (Å²) < 4.78 is 32.2. The van der Waals surface area contributed by atoms with E-state index in [-0.39, 0.29) is 5.09 Å². The lowest BCUT2D eigenvalue weighted by Gasteiger charge is -2.10. The van der Waals surface area contributed by atoms with Gasteiger partial charge in [0.2, 0.25) is 5.09 Å². The van der Waals surface area contributed by atoms with Gasteiger partial charge in [0.1, 0.15) is 5.76 Å². The normalized spacial score (nSPS) is 11.9. The van der Waals surface area contributed by atoms with Crippen molar-refractivity contribution >= 4 is 47.6 Å². The number of sulfonamides is 1. The van der Waals surface area contributed by atoms with E-state index in [1.165, 1.54) is 20.2 Å². The predicted octanol–water partition coefficient (Wildman–Crippen LogP) is 3.67. The van der Waals surface area contributed by atoms with Crippen molar-refractivity contribution in [3.8, 4) is 0 Å². The molecule has 1 aromatic carbocycles. The van der Waals surface area contributed by atoms with Crippen molar-refractivity contribution < 1.29 is 12.8 Å². The molecule has 0 amide bonds. The maximum absolute atomic E-state index is 11.9. The van der Waals surface area contributed by atoms with Crippen molar-refractivity contribution in [1.29, 1.82) is 0 Å². The molecule has 8 heteroatoms. The average molecular weight is 438 g/mol. The van der Waals surface area contributed by atoms with E-state index in [9.17, 15) is 8.42 Å². The van der Waals surface area contributed by atoms with E-state index in [1.54, 1.807) is 6.07 Å². The molecule has 0 atom stereocenters. The van der Waals surface area contributed by atoms with Crippen LogP contribution in [0.1, 0.15) is 5.76 Å². The van der Waals surface area contributed by atoms with Crippen molar-refractivity contribution in [3.05, 3.63) is 45.0 Å². The molecule has 0 spiro atoms. The molecule has 2 rings (SSSR count). The summed E-state index contributed by atoms with van der Waals surface area (Å²) >= 11 is 6.90. The summed E-state index contributed by atoms with van der Waals surface area (Å²) in [5.74, 6) is 0.540. The number of halogens is 2. The van der Waals surface area contributed by atoms with E-state index in [1.807, 2.05) is 18.2 Å². The van der Waals surface area contributed by atoms with Crippen molar-refractivity contribution in [2.45, 2.75) is 11.6 Å². The van der Waals surface area contributed by atoms with Gasteiger partial charge in [0.05, 0.1) is 12.2 Å². The Hall–Kier alpha value is -0.830. The molecule has 1 aromatic heterocycles. The van der Waals surface area contributed by atoms with E-state index >= 15 is 0 Å². The van der Waals surface area contributed by atoms with Crippen LogP contribution in [0.3, 0.4) is 0 Å². The molecule has 21 heavy (non-hydrogen) atoms. The van der Waals surface area contributed by atoms with Crippen LogP contribution in [0, 0.1) is 0 Å². The maximum Gasteiger partial charge on any atom is 0.275 e. The first-order valence-corrected chi connectivity index (χ1v) is 9.04. The lowest BCUT2D eigenvalue weighted by molar-refractivity contribution is 0.402. The summed E-state index contributed by atoms with van der Waals surface area (Å²) in [5, 5.41) is 3.14. The van der Waals surface area contributed by atoms with Gasteiger partial charge in [0.15, 0.2) is 0 Å². The number of nitrogens with one attached hydrogen (secondary N) is 1. The minimum atomic E-state index is -3.53. The monoisotopic (exact) mass is 436 g/mol. The highest BCUT2D eigenvalue weighted by Crippen LogP contribution is 2.31. The maximum atomic E-state index is 11.9. The van der Waals surface area contributed by atoms with Crippen LogP contribution in [0.2, 0.25) is 0 Å². The summed E-state index contributed by atoms with van der Waals surface area (Å²) in [6, 6.07) is 8.85. The third-order valence-electron chi connectivity index (χ3n) is 2.77. The number of para-hydroxylation sites is 1. The first kappa shape index (κ1) is 16.5. The summed E-state index contributed by atoms with van der Waals surface area (Å²) in [4.78, 5) is 0. The number of rotatable bonds is 5. The second-order valence-electron chi connectivity index (χ2n) is 4.46. The number of hydrogen-bond donors (Lipinski definition) is 1. The van der Waals surface area contributed by atoms with Gasteiger partial charge in [-0.1, -0.05) is 6.07 Å². The molecule has 1 heterocycles. The van der Waals surface area contributed by atoms with Gasteiger partial charge in [-0.2, -0.15) is 0 Å². The largest absolute Gasteiger partial charge is 0.446 e. The van der Waals surface area contributed by atoms with Crippen molar-refractivity contribution in [2.75, 3.05) is 19.4 Å². The number of hydrogen-bond acceptors (Lipinski definition) is 4. The predicted molar refractivity (Wildman–Crippen MR) is 88.7 cm³/mol. The lowest BCUT2D eigenvalue weighted by Crippen LogP contribution is -2.21. The fraction of sp³-hybridized carbons (Fsp3) is 0.231.